The lowest BCUT2D eigenvalue weighted by Gasteiger charge is -2.10. The fourth-order valence-electron chi connectivity index (χ4n) is 1.37. The van der Waals surface area contributed by atoms with Gasteiger partial charge in [0.1, 0.15) is 6.04 Å². The predicted octanol–water partition coefficient (Wildman–Crippen LogP) is 0.494. The Morgan fingerprint density at radius 1 is 1.30 bits per heavy atom. The van der Waals surface area contributed by atoms with E-state index in [1.54, 1.807) is 0 Å². The molecule has 0 aliphatic carbocycles. The molecule has 2 amide bonds. The van der Waals surface area contributed by atoms with Crippen LogP contribution < -0.4 is 11.1 Å². The number of amides is 2. The third-order valence-corrected chi connectivity index (χ3v) is 4.56. The highest BCUT2D eigenvalue weighted by molar-refractivity contribution is 7.91. The van der Waals surface area contributed by atoms with Crippen molar-refractivity contribution in [3.05, 3.63) is 29.3 Å². The largest absolute Gasteiger partial charge is 0.368 e. The lowest BCUT2D eigenvalue weighted by molar-refractivity contribution is -0.126. The summed E-state index contributed by atoms with van der Waals surface area (Å²) in [6.07, 6.45) is -0.247. The van der Waals surface area contributed by atoms with Gasteiger partial charge in [0.25, 0.3) is 0 Å². The van der Waals surface area contributed by atoms with E-state index in [0.717, 1.165) is 0 Å². The molecular weight excluding hydrogens is 304 g/mol. The maximum Gasteiger partial charge on any atom is 0.239 e. The molecule has 20 heavy (non-hydrogen) atoms. The highest BCUT2D eigenvalue weighted by atomic mass is 35.5. The topological polar surface area (TPSA) is 106 Å². The summed E-state index contributed by atoms with van der Waals surface area (Å²) in [5.41, 5.74) is 4.99. The molecule has 0 fully saturated rings. The Hall–Kier alpha value is -1.60. The number of sulfone groups is 1. The molecule has 6 nitrogen and oxygen atoms in total. The van der Waals surface area contributed by atoms with Gasteiger partial charge in [-0.3, -0.25) is 9.59 Å². The number of carbonyl (C=O) groups excluding carboxylic acids is 2. The van der Waals surface area contributed by atoms with Crippen molar-refractivity contribution in [2.75, 3.05) is 5.75 Å². The van der Waals surface area contributed by atoms with Crippen LogP contribution in [-0.2, 0) is 19.4 Å². The number of nitrogens with two attached hydrogens (primary N) is 1. The van der Waals surface area contributed by atoms with Gasteiger partial charge in [0, 0.05) is 11.4 Å². The minimum Gasteiger partial charge on any atom is -0.368 e. The second-order valence-corrected chi connectivity index (χ2v) is 6.76. The molecule has 1 aromatic carbocycles. The van der Waals surface area contributed by atoms with Crippen LogP contribution in [0.1, 0.15) is 13.3 Å². The van der Waals surface area contributed by atoms with Crippen molar-refractivity contribution < 1.29 is 18.0 Å². The van der Waals surface area contributed by atoms with Crippen LogP contribution in [0.15, 0.2) is 29.2 Å². The monoisotopic (exact) mass is 318 g/mol. The van der Waals surface area contributed by atoms with Gasteiger partial charge in [-0.25, -0.2) is 8.42 Å². The first-order valence-corrected chi connectivity index (χ1v) is 7.82. The van der Waals surface area contributed by atoms with E-state index in [2.05, 4.69) is 5.32 Å². The summed E-state index contributed by atoms with van der Waals surface area (Å²) in [6, 6.07) is 4.84. The summed E-state index contributed by atoms with van der Waals surface area (Å²) in [6.45, 7) is 1.42. The molecule has 0 aliphatic rings. The Bertz CT molecular complexity index is 598. The molecule has 1 unspecified atom stereocenters. The summed E-state index contributed by atoms with van der Waals surface area (Å²) >= 11 is 5.67. The molecular formula is C12H15ClN2O4S. The molecule has 1 atom stereocenters. The summed E-state index contributed by atoms with van der Waals surface area (Å²) in [5.74, 6) is -1.58. The number of hydrogen-bond acceptors (Lipinski definition) is 4. The van der Waals surface area contributed by atoms with Crippen molar-refractivity contribution in [1.29, 1.82) is 0 Å². The van der Waals surface area contributed by atoms with Crippen LogP contribution in [0.3, 0.4) is 0 Å². The van der Waals surface area contributed by atoms with E-state index in [9.17, 15) is 18.0 Å². The smallest absolute Gasteiger partial charge is 0.239 e. The first kappa shape index (κ1) is 16.5. The van der Waals surface area contributed by atoms with Crippen LogP contribution in [0.2, 0.25) is 5.02 Å². The van der Waals surface area contributed by atoms with Crippen molar-refractivity contribution in [2.45, 2.75) is 24.3 Å². The Balaban J connectivity index is 2.62. The number of carbonyl (C=O) groups is 2. The highest BCUT2D eigenvalue weighted by Gasteiger charge is 2.18. The average molecular weight is 319 g/mol. The second-order valence-electron chi connectivity index (χ2n) is 4.21. The van der Waals surface area contributed by atoms with Crippen molar-refractivity contribution in [3.8, 4) is 0 Å². The van der Waals surface area contributed by atoms with Crippen molar-refractivity contribution in [2.24, 2.45) is 5.73 Å². The van der Waals surface area contributed by atoms with Gasteiger partial charge in [-0.1, -0.05) is 11.6 Å². The molecule has 110 valence electrons. The second kappa shape index (κ2) is 6.71. The fourth-order valence-corrected chi connectivity index (χ4v) is 2.74. The summed E-state index contributed by atoms with van der Waals surface area (Å²) in [7, 11) is -3.56. The van der Waals surface area contributed by atoms with E-state index >= 15 is 0 Å². The maximum absolute atomic E-state index is 12.0. The van der Waals surface area contributed by atoms with Gasteiger partial charge in [-0.2, -0.15) is 0 Å². The van der Waals surface area contributed by atoms with Crippen LogP contribution >= 0.6 is 11.6 Å². The van der Waals surface area contributed by atoms with E-state index in [4.69, 9.17) is 17.3 Å². The first-order chi connectivity index (χ1) is 9.22. The Kier molecular flexibility index (Phi) is 5.52. The minimum atomic E-state index is -3.56. The number of nitrogens with one attached hydrogen (secondary N) is 1. The molecule has 0 aliphatic heterocycles. The quantitative estimate of drug-likeness (QED) is 0.796. The average Bonchev–Trinajstić information content (AvgIpc) is 2.37. The maximum atomic E-state index is 12.0. The molecule has 0 bridgehead atoms. The van der Waals surface area contributed by atoms with E-state index in [-0.39, 0.29) is 17.1 Å². The van der Waals surface area contributed by atoms with Gasteiger partial charge in [0.2, 0.25) is 11.8 Å². The van der Waals surface area contributed by atoms with E-state index in [1.807, 2.05) is 0 Å². The Morgan fingerprint density at radius 3 is 2.35 bits per heavy atom. The van der Waals surface area contributed by atoms with Gasteiger partial charge >= 0.3 is 0 Å². The SMILES string of the molecule is CC(NC(=O)CCS(=O)(=O)c1ccc(Cl)cc1)C(N)=O. The number of primary amides is 1. The third kappa shape index (κ3) is 4.82. The number of halogens is 1. The van der Waals surface area contributed by atoms with Gasteiger partial charge in [0.05, 0.1) is 10.6 Å². The summed E-state index contributed by atoms with van der Waals surface area (Å²) in [5, 5.41) is 2.74. The normalized spacial score (nSPS) is 12.7. The summed E-state index contributed by atoms with van der Waals surface area (Å²) < 4.78 is 23.9. The minimum absolute atomic E-state index is 0.0950. The van der Waals surface area contributed by atoms with Crippen LogP contribution in [0.5, 0.6) is 0 Å². The molecule has 0 aromatic heterocycles. The molecule has 0 spiro atoms. The number of hydrogen-bond donors (Lipinski definition) is 2. The number of rotatable bonds is 6. The lowest BCUT2D eigenvalue weighted by atomic mass is 10.3. The number of benzene rings is 1. The third-order valence-electron chi connectivity index (χ3n) is 2.57. The molecule has 3 N–H and O–H groups in total. The fraction of sp³-hybridized carbons (Fsp3) is 0.333. The van der Waals surface area contributed by atoms with Crippen LogP contribution in [0.4, 0.5) is 0 Å². The van der Waals surface area contributed by atoms with Crippen LogP contribution in [0, 0.1) is 0 Å². The summed E-state index contributed by atoms with van der Waals surface area (Å²) in [4.78, 5) is 22.3. The van der Waals surface area contributed by atoms with Gasteiger partial charge in [0.15, 0.2) is 9.84 Å². The standard InChI is InChI=1S/C12H15ClN2O4S/c1-8(12(14)17)15-11(16)6-7-20(18,19)10-4-2-9(13)3-5-10/h2-5,8H,6-7H2,1H3,(H2,14,17)(H,15,16). The highest BCUT2D eigenvalue weighted by Crippen LogP contribution is 2.15. The lowest BCUT2D eigenvalue weighted by Crippen LogP contribution is -2.42. The zero-order chi connectivity index (χ0) is 15.3. The molecule has 0 saturated carbocycles. The molecule has 8 heteroatoms. The predicted molar refractivity (Wildman–Crippen MR) is 74.9 cm³/mol. The van der Waals surface area contributed by atoms with E-state index in [1.165, 1.54) is 31.2 Å². The van der Waals surface area contributed by atoms with Crippen LogP contribution in [0.25, 0.3) is 0 Å². The van der Waals surface area contributed by atoms with E-state index in [0.29, 0.717) is 5.02 Å². The van der Waals surface area contributed by atoms with Gasteiger partial charge in [-0.05, 0) is 31.2 Å². The first-order valence-electron chi connectivity index (χ1n) is 5.79. The Morgan fingerprint density at radius 2 is 1.85 bits per heavy atom. The van der Waals surface area contributed by atoms with E-state index < -0.39 is 27.7 Å². The van der Waals surface area contributed by atoms with Crippen molar-refractivity contribution in [3.63, 3.8) is 0 Å². The van der Waals surface area contributed by atoms with Crippen molar-refractivity contribution >= 4 is 33.3 Å². The zero-order valence-corrected chi connectivity index (χ0v) is 12.4. The molecule has 0 saturated heterocycles. The van der Waals surface area contributed by atoms with Gasteiger partial charge < -0.3 is 11.1 Å². The zero-order valence-electron chi connectivity index (χ0n) is 10.8. The molecule has 1 rings (SSSR count). The Labute approximate surface area is 122 Å². The molecule has 0 heterocycles. The molecule has 1 aromatic rings. The molecule has 0 radical (unpaired) electrons. The van der Waals surface area contributed by atoms with Crippen molar-refractivity contribution in [1.82, 2.24) is 5.32 Å². The van der Waals surface area contributed by atoms with Gasteiger partial charge in [-0.15, -0.1) is 0 Å². The van der Waals surface area contributed by atoms with Crippen LogP contribution in [-0.4, -0.2) is 32.0 Å².